The Morgan fingerprint density at radius 1 is 1.19 bits per heavy atom. The number of benzene rings is 1. The minimum Gasteiger partial charge on any atom is -0.478 e. The molecule has 1 aromatic carbocycles. The van der Waals surface area contributed by atoms with Gasteiger partial charge < -0.3 is 5.11 Å². The second kappa shape index (κ2) is 5.76. The largest absolute Gasteiger partial charge is 0.478 e. The molecule has 0 aromatic heterocycles. The van der Waals surface area contributed by atoms with Crippen molar-refractivity contribution in [2.24, 2.45) is 5.41 Å². The van der Waals surface area contributed by atoms with Gasteiger partial charge in [-0.2, -0.15) is 0 Å². The van der Waals surface area contributed by atoms with E-state index >= 15 is 0 Å². The van der Waals surface area contributed by atoms with Gasteiger partial charge in [-0.05, 0) is 56.3 Å². The summed E-state index contributed by atoms with van der Waals surface area (Å²) in [7, 11) is 0. The standard InChI is InChI=1S/C17H22FNO2/c18-15-11-13(16(20)21)3-4-14(15)12-19-9-7-17(8-10-19)5-1-2-6-17/h3-4,11H,1-2,5-10,12H2,(H,20,21). The molecule has 0 unspecified atom stereocenters. The Hall–Kier alpha value is -1.42. The van der Waals surface area contributed by atoms with Gasteiger partial charge in [0.15, 0.2) is 0 Å². The van der Waals surface area contributed by atoms with Crippen molar-refractivity contribution in [2.45, 2.75) is 45.1 Å². The molecule has 0 atom stereocenters. The second-order valence-corrected chi connectivity index (χ2v) is 6.59. The molecule has 1 saturated carbocycles. The van der Waals surface area contributed by atoms with Crippen molar-refractivity contribution in [3.63, 3.8) is 0 Å². The van der Waals surface area contributed by atoms with Crippen LogP contribution in [0, 0.1) is 11.2 Å². The molecule has 1 aromatic rings. The Kier molecular flexibility index (Phi) is 3.98. The molecule has 2 fully saturated rings. The van der Waals surface area contributed by atoms with Gasteiger partial charge in [0.2, 0.25) is 0 Å². The van der Waals surface area contributed by atoms with Crippen molar-refractivity contribution in [3.8, 4) is 0 Å². The Morgan fingerprint density at radius 3 is 2.43 bits per heavy atom. The average Bonchev–Trinajstić information content (AvgIpc) is 2.92. The number of hydrogen-bond acceptors (Lipinski definition) is 2. The number of hydrogen-bond donors (Lipinski definition) is 1. The molecule has 3 nitrogen and oxygen atoms in total. The van der Waals surface area contributed by atoms with Crippen molar-refractivity contribution in [1.82, 2.24) is 4.90 Å². The number of carboxylic acids is 1. The average molecular weight is 291 g/mol. The lowest BCUT2D eigenvalue weighted by atomic mass is 9.77. The third kappa shape index (κ3) is 3.10. The summed E-state index contributed by atoms with van der Waals surface area (Å²) < 4.78 is 14.0. The molecule has 21 heavy (non-hydrogen) atoms. The number of rotatable bonds is 3. The van der Waals surface area contributed by atoms with E-state index in [0.29, 0.717) is 17.5 Å². The molecule has 1 N–H and O–H groups in total. The third-order valence-electron chi connectivity index (χ3n) is 5.27. The summed E-state index contributed by atoms with van der Waals surface area (Å²) in [6.45, 7) is 2.64. The highest BCUT2D eigenvalue weighted by atomic mass is 19.1. The van der Waals surface area contributed by atoms with Crippen LogP contribution in [0.3, 0.4) is 0 Å². The van der Waals surface area contributed by atoms with Gasteiger partial charge in [-0.25, -0.2) is 9.18 Å². The number of carboxylic acid groups (broad SMARTS) is 1. The van der Waals surface area contributed by atoms with Crippen molar-refractivity contribution >= 4 is 5.97 Å². The van der Waals surface area contributed by atoms with Gasteiger partial charge in [0.25, 0.3) is 0 Å². The van der Waals surface area contributed by atoms with Gasteiger partial charge in [-0.1, -0.05) is 18.9 Å². The van der Waals surface area contributed by atoms with E-state index in [1.54, 1.807) is 6.07 Å². The molecule has 4 heteroatoms. The van der Waals surface area contributed by atoms with Crippen LogP contribution in [0.25, 0.3) is 0 Å². The number of halogens is 1. The van der Waals surface area contributed by atoms with Crippen LogP contribution in [0.4, 0.5) is 4.39 Å². The molecule has 0 bridgehead atoms. The summed E-state index contributed by atoms with van der Waals surface area (Å²) in [5, 5.41) is 8.86. The van der Waals surface area contributed by atoms with E-state index in [4.69, 9.17) is 5.11 Å². The smallest absolute Gasteiger partial charge is 0.335 e. The molecule has 1 aliphatic carbocycles. The molecular weight excluding hydrogens is 269 g/mol. The maximum atomic E-state index is 14.0. The highest BCUT2D eigenvalue weighted by Crippen LogP contribution is 2.46. The third-order valence-corrected chi connectivity index (χ3v) is 5.27. The van der Waals surface area contributed by atoms with E-state index in [0.717, 1.165) is 19.2 Å². The van der Waals surface area contributed by atoms with Crippen LogP contribution in [-0.2, 0) is 6.54 Å². The van der Waals surface area contributed by atoms with Crippen LogP contribution in [-0.4, -0.2) is 29.1 Å². The van der Waals surface area contributed by atoms with E-state index in [1.165, 1.54) is 44.6 Å². The van der Waals surface area contributed by atoms with Crippen LogP contribution in [0.1, 0.15) is 54.4 Å². The van der Waals surface area contributed by atoms with Gasteiger partial charge in [-0.3, -0.25) is 4.90 Å². The first-order chi connectivity index (χ1) is 10.1. The fourth-order valence-corrected chi connectivity index (χ4v) is 3.86. The molecule has 0 radical (unpaired) electrons. The van der Waals surface area contributed by atoms with Crippen LogP contribution >= 0.6 is 0 Å². The van der Waals surface area contributed by atoms with Crippen LogP contribution < -0.4 is 0 Å². The quantitative estimate of drug-likeness (QED) is 0.923. The van der Waals surface area contributed by atoms with E-state index in [9.17, 15) is 9.18 Å². The van der Waals surface area contributed by atoms with E-state index in [1.807, 2.05) is 0 Å². The van der Waals surface area contributed by atoms with E-state index < -0.39 is 11.8 Å². The fourth-order valence-electron chi connectivity index (χ4n) is 3.86. The topological polar surface area (TPSA) is 40.5 Å². The molecule has 0 amide bonds. The number of nitrogens with zero attached hydrogens (tertiary/aromatic N) is 1. The summed E-state index contributed by atoms with van der Waals surface area (Å²) in [6.07, 6.45) is 7.91. The number of piperidine rings is 1. The predicted molar refractivity (Wildman–Crippen MR) is 78.8 cm³/mol. The normalized spacial score (nSPS) is 21.8. The maximum Gasteiger partial charge on any atom is 0.335 e. The fraction of sp³-hybridized carbons (Fsp3) is 0.588. The van der Waals surface area contributed by atoms with E-state index in [-0.39, 0.29) is 5.56 Å². The summed E-state index contributed by atoms with van der Waals surface area (Å²) >= 11 is 0. The maximum absolute atomic E-state index is 14.0. The van der Waals surface area contributed by atoms with Gasteiger partial charge in [0.1, 0.15) is 5.82 Å². The number of aromatic carboxylic acids is 1. The lowest BCUT2D eigenvalue weighted by molar-refractivity contribution is 0.0696. The van der Waals surface area contributed by atoms with Crippen molar-refractivity contribution in [2.75, 3.05) is 13.1 Å². The summed E-state index contributed by atoms with van der Waals surface area (Å²) in [5.41, 5.74) is 1.18. The second-order valence-electron chi connectivity index (χ2n) is 6.59. The molecular formula is C17H22FNO2. The zero-order valence-corrected chi connectivity index (χ0v) is 12.3. The van der Waals surface area contributed by atoms with Gasteiger partial charge in [-0.15, -0.1) is 0 Å². The highest BCUT2D eigenvalue weighted by molar-refractivity contribution is 5.87. The van der Waals surface area contributed by atoms with Gasteiger partial charge in [0.05, 0.1) is 5.56 Å². The monoisotopic (exact) mass is 291 g/mol. The van der Waals surface area contributed by atoms with Crippen LogP contribution in [0.2, 0.25) is 0 Å². The van der Waals surface area contributed by atoms with Crippen molar-refractivity contribution < 1.29 is 14.3 Å². The summed E-state index contributed by atoms with van der Waals surface area (Å²) in [5.74, 6) is -1.49. The van der Waals surface area contributed by atoms with Crippen molar-refractivity contribution in [3.05, 3.63) is 35.1 Å². The lowest BCUT2D eigenvalue weighted by Gasteiger charge is -2.39. The summed E-state index contributed by atoms with van der Waals surface area (Å²) in [6, 6.07) is 4.22. The first kappa shape index (κ1) is 14.5. The van der Waals surface area contributed by atoms with Crippen LogP contribution in [0.5, 0.6) is 0 Å². The molecule has 2 aliphatic rings. The minimum absolute atomic E-state index is 0.0137. The van der Waals surface area contributed by atoms with Gasteiger partial charge >= 0.3 is 5.97 Å². The number of carbonyl (C=O) groups is 1. The summed E-state index contributed by atoms with van der Waals surface area (Å²) in [4.78, 5) is 13.1. The predicted octanol–water partition coefficient (Wildman–Crippen LogP) is 3.68. The SMILES string of the molecule is O=C(O)c1ccc(CN2CCC3(CCCC3)CC2)c(F)c1. The Morgan fingerprint density at radius 2 is 1.86 bits per heavy atom. The first-order valence-corrected chi connectivity index (χ1v) is 7.82. The Balaban J connectivity index is 1.61. The Labute approximate surface area is 124 Å². The van der Waals surface area contributed by atoms with Crippen molar-refractivity contribution in [1.29, 1.82) is 0 Å². The number of likely N-dealkylation sites (tertiary alicyclic amines) is 1. The lowest BCUT2D eigenvalue weighted by Crippen LogP contribution is -2.38. The zero-order valence-electron chi connectivity index (χ0n) is 12.3. The molecule has 1 spiro atoms. The van der Waals surface area contributed by atoms with E-state index in [2.05, 4.69) is 4.90 Å². The Bertz CT molecular complexity index is 528. The van der Waals surface area contributed by atoms with Crippen LogP contribution in [0.15, 0.2) is 18.2 Å². The molecule has 3 rings (SSSR count). The molecule has 114 valence electrons. The zero-order chi connectivity index (χ0) is 14.9. The van der Waals surface area contributed by atoms with Gasteiger partial charge in [0, 0.05) is 12.1 Å². The highest BCUT2D eigenvalue weighted by Gasteiger charge is 2.36. The minimum atomic E-state index is -1.08. The first-order valence-electron chi connectivity index (χ1n) is 7.82. The molecule has 1 saturated heterocycles. The molecule has 1 heterocycles. The molecule has 1 aliphatic heterocycles.